The summed E-state index contributed by atoms with van der Waals surface area (Å²) in [6.07, 6.45) is 17.1. The van der Waals surface area contributed by atoms with Gasteiger partial charge in [-0.05, 0) is 39.0 Å². The minimum atomic E-state index is -0.325. The van der Waals surface area contributed by atoms with Crippen molar-refractivity contribution in [3.8, 4) is 0 Å². The third kappa shape index (κ3) is 6.76. The SMILES string of the molecule is CCCCCCC/C=C/CCCCC1=NCC[N+]1(CC)C(C)O. The number of hydrogen-bond donors (Lipinski definition) is 1. The van der Waals surface area contributed by atoms with Crippen LogP contribution in [0.4, 0.5) is 0 Å². The molecule has 1 aliphatic rings. The molecule has 0 radical (unpaired) electrons. The van der Waals surface area contributed by atoms with Gasteiger partial charge < -0.3 is 5.11 Å². The molecule has 0 amide bonds. The molecule has 134 valence electrons. The van der Waals surface area contributed by atoms with Crippen molar-refractivity contribution in [1.29, 1.82) is 0 Å². The summed E-state index contributed by atoms with van der Waals surface area (Å²) in [6.45, 7) is 9.15. The summed E-state index contributed by atoms with van der Waals surface area (Å²) in [7, 11) is 0. The number of nitrogens with zero attached hydrogens (tertiary/aromatic N) is 2. The van der Waals surface area contributed by atoms with E-state index in [9.17, 15) is 5.11 Å². The minimum absolute atomic E-state index is 0.325. The second-order valence-corrected chi connectivity index (χ2v) is 6.92. The van der Waals surface area contributed by atoms with E-state index in [1.807, 2.05) is 6.92 Å². The minimum Gasteiger partial charge on any atom is -0.345 e. The van der Waals surface area contributed by atoms with Crippen LogP contribution >= 0.6 is 0 Å². The van der Waals surface area contributed by atoms with Crippen molar-refractivity contribution in [2.24, 2.45) is 4.99 Å². The van der Waals surface area contributed by atoms with Gasteiger partial charge in [0.15, 0.2) is 6.23 Å². The second kappa shape index (κ2) is 11.8. The van der Waals surface area contributed by atoms with Gasteiger partial charge in [-0.3, -0.25) is 4.48 Å². The van der Waals surface area contributed by atoms with Crippen molar-refractivity contribution in [1.82, 2.24) is 0 Å². The third-order valence-corrected chi connectivity index (χ3v) is 5.25. The molecule has 0 aromatic carbocycles. The van der Waals surface area contributed by atoms with Crippen molar-refractivity contribution in [3.63, 3.8) is 0 Å². The molecule has 1 rings (SSSR count). The summed E-state index contributed by atoms with van der Waals surface area (Å²) in [5, 5.41) is 10.1. The molecule has 0 saturated heterocycles. The van der Waals surface area contributed by atoms with Crippen molar-refractivity contribution in [3.05, 3.63) is 12.2 Å². The van der Waals surface area contributed by atoms with E-state index in [4.69, 9.17) is 0 Å². The Bertz CT molecular complexity index is 363. The maximum absolute atomic E-state index is 10.1. The summed E-state index contributed by atoms with van der Waals surface area (Å²) >= 11 is 0. The lowest BCUT2D eigenvalue weighted by Crippen LogP contribution is -2.56. The molecule has 23 heavy (non-hydrogen) atoms. The molecular formula is C20H39N2O+. The second-order valence-electron chi connectivity index (χ2n) is 6.92. The lowest BCUT2D eigenvalue weighted by Gasteiger charge is -2.36. The van der Waals surface area contributed by atoms with Crippen LogP contribution < -0.4 is 0 Å². The Hall–Kier alpha value is -0.670. The van der Waals surface area contributed by atoms with Gasteiger partial charge in [-0.15, -0.1) is 0 Å². The van der Waals surface area contributed by atoms with Crippen LogP contribution in [-0.4, -0.2) is 41.3 Å². The molecular weight excluding hydrogens is 284 g/mol. The summed E-state index contributed by atoms with van der Waals surface area (Å²) in [5.41, 5.74) is 0. The highest BCUT2D eigenvalue weighted by molar-refractivity contribution is 5.76. The van der Waals surface area contributed by atoms with Crippen LogP contribution in [0.5, 0.6) is 0 Å². The first-order valence-corrected chi connectivity index (χ1v) is 9.91. The normalized spacial score (nSPS) is 22.7. The molecule has 0 bridgehead atoms. The highest BCUT2D eigenvalue weighted by Crippen LogP contribution is 2.22. The average molecular weight is 324 g/mol. The number of aliphatic imine (C=N–C) groups is 1. The van der Waals surface area contributed by atoms with E-state index >= 15 is 0 Å². The lowest BCUT2D eigenvalue weighted by atomic mass is 10.1. The Morgan fingerprint density at radius 2 is 1.70 bits per heavy atom. The number of unbranched alkanes of at least 4 members (excludes halogenated alkanes) is 7. The van der Waals surface area contributed by atoms with Crippen molar-refractivity contribution < 1.29 is 9.59 Å². The van der Waals surface area contributed by atoms with Gasteiger partial charge in [0.1, 0.15) is 6.54 Å². The number of hydrogen-bond acceptors (Lipinski definition) is 2. The Kier molecular flexibility index (Phi) is 10.5. The van der Waals surface area contributed by atoms with E-state index in [2.05, 4.69) is 31.0 Å². The maximum atomic E-state index is 10.1. The first kappa shape index (κ1) is 20.4. The molecule has 1 heterocycles. The van der Waals surface area contributed by atoms with Gasteiger partial charge in [-0.1, -0.05) is 44.8 Å². The Balaban J connectivity index is 2.11. The molecule has 0 saturated carbocycles. The zero-order valence-electron chi connectivity index (χ0n) is 15.8. The number of allylic oxidation sites excluding steroid dienone is 2. The van der Waals surface area contributed by atoms with E-state index in [1.165, 1.54) is 63.6 Å². The third-order valence-electron chi connectivity index (χ3n) is 5.25. The van der Waals surface area contributed by atoms with E-state index in [-0.39, 0.29) is 6.23 Å². The fraction of sp³-hybridized carbons (Fsp3) is 0.850. The smallest absolute Gasteiger partial charge is 0.200 e. The highest BCUT2D eigenvalue weighted by atomic mass is 16.3. The molecule has 0 aromatic rings. The van der Waals surface area contributed by atoms with Crippen LogP contribution in [0.3, 0.4) is 0 Å². The fourth-order valence-electron chi connectivity index (χ4n) is 3.58. The van der Waals surface area contributed by atoms with Crippen molar-refractivity contribution in [2.45, 2.75) is 91.2 Å². The van der Waals surface area contributed by atoms with Gasteiger partial charge in [0.2, 0.25) is 5.84 Å². The molecule has 3 heteroatoms. The van der Waals surface area contributed by atoms with Crippen LogP contribution in [-0.2, 0) is 0 Å². The van der Waals surface area contributed by atoms with Gasteiger partial charge in [-0.25, -0.2) is 4.99 Å². The molecule has 3 nitrogen and oxygen atoms in total. The molecule has 2 atom stereocenters. The highest BCUT2D eigenvalue weighted by Gasteiger charge is 2.40. The summed E-state index contributed by atoms with van der Waals surface area (Å²) in [4.78, 5) is 4.68. The summed E-state index contributed by atoms with van der Waals surface area (Å²) in [6, 6.07) is 0. The van der Waals surface area contributed by atoms with E-state index in [1.54, 1.807) is 0 Å². The van der Waals surface area contributed by atoms with Gasteiger partial charge in [0.05, 0.1) is 13.1 Å². The average Bonchev–Trinajstić information content (AvgIpc) is 2.97. The zero-order chi connectivity index (χ0) is 17.0. The van der Waals surface area contributed by atoms with E-state index in [0.717, 1.165) is 26.1 Å². The Morgan fingerprint density at radius 1 is 1.04 bits per heavy atom. The summed E-state index contributed by atoms with van der Waals surface area (Å²) in [5.74, 6) is 1.22. The van der Waals surface area contributed by atoms with Gasteiger partial charge in [0, 0.05) is 13.3 Å². The molecule has 1 aliphatic heterocycles. The Labute approximate surface area is 144 Å². The monoisotopic (exact) mass is 323 g/mol. The number of rotatable bonds is 13. The van der Waals surface area contributed by atoms with Crippen LogP contribution in [0.25, 0.3) is 0 Å². The molecule has 0 fully saturated rings. The van der Waals surface area contributed by atoms with Crippen molar-refractivity contribution in [2.75, 3.05) is 19.6 Å². The van der Waals surface area contributed by atoms with Gasteiger partial charge in [-0.2, -0.15) is 0 Å². The molecule has 0 spiro atoms. The van der Waals surface area contributed by atoms with Crippen LogP contribution in [0.2, 0.25) is 0 Å². The first-order valence-electron chi connectivity index (χ1n) is 9.91. The number of aliphatic hydroxyl groups excluding tert-OH is 1. The van der Waals surface area contributed by atoms with Crippen LogP contribution in [0.15, 0.2) is 17.1 Å². The number of aliphatic hydroxyl groups is 1. The van der Waals surface area contributed by atoms with Gasteiger partial charge in [0.25, 0.3) is 0 Å². The van der Waals surface area contributed by atoms with Crippen LogP contribution in [0.1, 0.15) is 85.0 Å². The Morgan fingerprint density at radius 3 is 2.30 bits per heavy atom. The van der Waals surface area contributed by atoms with E-state index < -0.39 is 0 Å². The first-order chi connectivity index (χ1) is 11.2. The lowest BCUT2D eigenvalue weighted by molar-refractivity contribution is -0.882. The fourth-order valence-corrected chi connectivity index (χ4v) is 3.58. The molecule has 2 unspecified atom stereocenters. The predicted octanol–water partition coefficient (Wildman–Crippen LogP) is 5.05. The zero-order valence-corrected chi connectivity index (χ0v) is 15.8. The topological polar surface area (TPSA) is 32.6 Å². The standard InChI is InChI=1S/C20H39N2O/c1-4-6-7-8-9-10-11-12-13-14-15-16-20-21-17-18-22(20,5-2)19(3)23/h11-12,19,23H,4-10,13-18H2,1-3H3/q+1/b12-11+. The van der Waals surface area contributed by atoms with Crippen LogP contribution in [0, 0.1) is 0 Å². The largest absolute Gasteiger partial charge is 0.345 e. The predicted molar refractivity (Wildman–Crippen MR) is 101 cm³/mol. The summed E-state index contributed by atoms with van der Waals surface area (Å²) < 4.78 is 0.702. The number of likely N-dealkylation sites (N-methyl/N-ethyl adjacent to an activating group) is 1. The number of amidine groups is 1. The molecule has 0 aromatic heterocycles. The molecule has 0 aliphatic carbocycles. The van der Waals surface area contributed by atoms with Gasteiger partial charge >= 0.3 is 0 Å². The molecule has 1 N–H and O–H groups in total. The van der Waals surface area contributed by atoms with E-state index in [0.29, 0.717) is 4.48 Å². The maximum Gasteiger partial charge on any atom is 0.200 e. The quantitative estimate of drug-likeness (QED) is 0.287. The number of quaternary nitrogens is 1. The van der Waals surface area contributed by atoms with Crippen molar-refractivity contribution >= 4 is 5.84 Å².